The van der Waals surface area contributed by atoms with E-state index in [4.69, 9.17) is 5.73 Å². The number of aromatic nitrogens is 2. The first-order valence-electron chi connectivity index (χ1n) is 6.83. The quantitative estimate of drug-likeness (QED) is 0.917. The minimum atomic E-state index is 0.845. The number of hydrogen-bond acceptors (Lipinski definition) is 3. The van der Waals surface area contributed by atoms with Crippen LogP contribution in [-0.2, 0) is 26.6 Å². The monoisotopic (exact) mass is 256 g/mol. The van der Waals surface area contributed by atoms with Crippen LogP contribution in [0.1, 0.15) is 30.2 Å². The average Bonchev–Trinajstić information content (AvgIpc) is 2.91. The predicted octanol–water partition coefficient (Wildman–Crippen LogP) is 2.48. The first kappa shape index (κ1) is 12.1. The number of hydrogen-bond donors (Lipinski definition) is 1. The Morgan fingerprint density at radius 1 is 1.21 bits per heavy atom. The van der Waals surface area contributed by atoms with Gasteiger partial charge in [-0.3, -0.25) is 4.68 Å². The summed E-state index contributed by atoms with van der Waals surface area (Å²) < 4.78 is 1.92. The molecule has 0 saturated heterocycles. The molecular formula is C15H20N4. The number of rotatable bonds is 3. The number of fused-ring (bicyclic) bond motifs is 1. The summed E-state index contributed by atoms with van der Waals surface area (Å²) in [7, 11) is 1.98. The fourth-order valence-electron chi connectivity index (χ4n) is 2.87. The Labute approximate surface area is 113 Å². The highest BCUT2D eigenvalue weighted by molar-refractivity contribution is 5.67. The van der Waals surface area contributed by atoms with E-state index in [1.54, 1.807) is 0 Å². The van der Waals surface area contributed by atoms with Crippen molar-refractivity contribution in [1.82, 2.24) is 9.78 Å². The molecule has 2 heterocycles. The Morgan fingerprint density at radius 2 is 1.84 bits per heavy atom. The molecule has 2 N–H and O–H groups in total. The second kappa shape index (κ2) is 4.61. The van der Waals surface area contributed by atoms with Gasteiger partial charge in [0, 0.05) is 20.1 Å². The Bertz CT molecular complexity index is 575. The SMILES string of the molecule is CCCc1nn(C)c(N2Cc3ccccc3C2)c1N. The highest BCUT2D eigenvalue weighted by Gasteiger charge is 2.24. The van der Waals surface area contributed by atoms with E-state index in [0.717, 1.165) is 43.1 Å². The van der Waals surface area contributed by atoms with Gasteiger partial charge in [-0.15, -0.1) is 0 Å². The van der Waals surface area contributed by atoms with Gasteiger partial charge in [0.15, 0.2) is 5.82 Å². The van der Waals surface area contributed by atoms with Gasteiger partial charge in [-0.25, -0.2) is 0 Å². The fraction of sp³-hybridized carbons (Fsp3) is 0.400. The van der Waals surface area contributed by atoms with Crippen LogP contribution in [0.15, 0.2) is 24.3 Å². The lowest BCUT2D eigenvalue weighted by atomic mass is 10.1. The second-order valence-corrected chi connectivity index (χ2v) is 5.18. The molecular weight excluding hydrogens is 236 g/mol. The summed E-state index contributed by atoms with van der Waals surface area (Å²) in [4.78, 5) is 2.31. The molecule has 1 aliphatic rings. The van der Waals surface area contributed by atoms with Crippen molar-refractivity contribution in [2.45, 2.75) is 32.9 Å². The van der Waals surface area contributed by atoms with Crippen molar-refractivity contribution in [1.29, 1.82) is 0 Å². The summed E-state index contributed by atoms with van der Waals surface area (Å²) in [5.74, 6) is 1.06. The predicted molar refractivity (Wildman–Crippen MR) is 77.9 cm³/mol. The van der Waals surface area contributed by atoms with Crippen LogP contribution in [0.25, 0.3) is 0 Å². The maximum Gasteiger partial charge on any atom is 0.151 e. The summed E-state index contributed by atoms with van der Waals surface area (Å²) in [6.45, 7) is 4.00. The fourth-order valence-corrected chi connectivity index (χ4v) is 2.87. The van der Waals surface area contributed by atoms with Gasteiger partial charge < -0.3 is 10.6 Å². The summed E-state index contributed by atoms with van der Waals surface area (Å²) in [5, 5.41) is 4.56. The van der Waals surface area contributed by atoms with Crippen LogP contribution in [0.2, 0.25) is 0 Å². The van der Waals surface area contributed by atoms with Crippen molar-refractivity contribution in [3.8, 4) is 0 Å². The number of aryl methyl sites for hydroxylation is 2. The minimum Gasteiger partial charge on any atom is -0.394 e. The van der Waals surface area contributed by atoms with Crippen molar-refractivity contribution >= 4 is 11.5 Å². The van der Waals surface area contributed by atoms with Crippen LogP contribution in [0.5, 0.6) is 0 Å². The molecule has 100 valence electrons. The van der Waals surface area contributed by atoms with Crippen molar-refractivity contribution in [3.63, 3.8) is 0 Å². The Morgan fingerprint density at radius 3 is 2.42 bits per heavy atom. The number of nitrogen functional groups attached to an aromatic ring is 1. The zero-order valence-electron chi connectivity index (χ0n) is 11.6. The normalized spacial score (nSPS) is 13.9. The third-order valence-electron chi connectivity index (χ3n) is 3.76. The van der Waals surface area contributed by atoms with Crippen molar-refractivity contribution < 1.29 is 0 Å². The first-order valence-corrected chi connectivity index (χ1v) is 6.83. The van der Waals surface area contributed by atoms with E-state index in [9.17, 15) is 0 Å². The summed E-state index contributed by atoms with van der Waals surface area (Å²) in [5.41, 5.74) is 10.9. The molecule has 4 nitrogen and oxygen atoms in total. The van der Waals surface area contributed by atoms with Crippen LogP contribution >= 0.6 is 0 Å². The lowest BCUT2D eigenvalue weighted by molar-refractivity contribution is 0.703. The van der Waals surface area contributed by atoms with Gasteiger partial charge in [-0.05, 0) is 17.5 Å². The second-order valence-electron chi connectivity index (χ2n) is 5.18. The Balaban J connectivity index is 1.93. The van der Waals surface area contributed by atoms with Gasteiger partial charge in [0.1, 0.15) is 0 Å². The number of anilines is 2. The van der Waals surface area contributed by atoms with Gasteiger partial charge in [0.05, 0.1) is 11.4 Å². The van der Waals surface area contributed by atoms with Crippen molar-refractivity contribution in [2.75, 3.05) is 10.6 Å². The smallest absolute Gasteiger partial charge is 0.151 e. The van der Waals surface area contributed by atoms with Crippen LogP contribution in [0.4, 0.5) is 11.5 Å². The van der Waals surface area contributed by atoms with Gasteiger partial charge in [-0.1, -0.05) is 37.6 Å². The number of benzene rings is 1. The lowest BCUT2D eigenvalue weighted by Gasteiger charge is -2.18. The maximum absolute atomic E-state index is 6.28. The molecule has 0 aliphatic carbocycles. The van der Waals surface area contributed by atoms with E-state index in [1.807, 2.05) is 11.7 Å². The molecule has 4 heteroatoms. The molecule has 0 saturated carbocycles. The molecule has 0 unspecified atom stereocenters. The summed E-state index contributed by atoms with van der Waals surface area (Å²) in [6, 6.07) is 8.57. The molecule has 0 spiro atoms. The van der Waals surface area contributed by atoms with Gasteiger partial charge in [0.25, 0.3) is 0 Å². The molecule has 0 bridgehead atoms. The topological polar surface area (TPSA) is 47.1 Å². The zero-order valence-corrected chi connectivity index (χ0v) is 11.6. The van der Waals surface area contributed by atoms with E-state index >= 15 is 0 Å². The molecule has 1 aromatic carbocycles. The third kappa shape index (κ3) is 1.97. The molecule has 0 atom stereocenters. The molecule has 3 rings (SSSR count). The highest BCUT2D eigenvalue weighted by Crippen LogP contribution is 2.33. The van der Waals surface area contributed by atoms with Crippen LogP contribution in [0.3, 0.4) is 0 Å². The maximum atomic E-state index is 6.28. The molecule has 2 aromatic rings. The van der Waals surface area contributed by atoms with Gasteiger partial charge >= 0.3 is 0 Å². The summed E-state index contributed by atoms with van der Waals surface area (Å²) in [6.07, 6.45) is 2.02. The molecule has 1 aliphatic heterocycles. The van der Waals surface area contributed by atoms with E-state index in [0.29, 0.717) is 0 Å². The van der Waals surface area contributed by atoms with Crippen molar-refractivity contribution in [2.24, 2.45) is 7.05 Å². The van der Waals surface area contributed by atoms with Crippen LogP contribution in [0, 0.1) is 0 Å². The molecule has 19 heavy (non-hydrogen) atoms. The van der Waals surface area contributed by atoms with Gasteiger partial charge in [0.2, 0.25) is 0 Å². The Kier molecular flexibility index (Phi) is 2.93. The molecule has 0 radical (unpaired) electrons. The third-order valence-corrected chi connectivity index (χ3v) is 3.76. The number of nitrogens with zero attached hydrogens (tertiary/aromatic N) is 3. The first-order chi connectivity index (χ1) is 9.20. The van der Waals surface area contributed by atoms with E-state index in [2.05, 4.69) is 41.2 Å². The van der Waals surface area contributed by atoms with Crippen molar-refractivity contribution in [3.05, 3.63) is 41.1 Å². The Hall–Kier alpha value is -1.97. The molecule has 0 amide bonds. The van der Waals surface area contributed by atoms with Crippen LogP contribution in [-0.4, -0.2) is 9.78 Å². The van der Waals surface area contributed by atoms with E-state index in [1.165, 1.54) is 11.1 Å². The number of nitrogens with two attached hydrogens (primary N) is 1. The zero-order chi connectivity index (χ0) is 13.4. The minimum absolute atomic E-state index is 0.845. The van der Waals surface area contributed by atoms with Gasteiger partial charge in [-0.2, -0.15) is 5.10 Å². The van der Waals surface area contributed by atoms with E-state index < -0.39 is 0 Å². The highest BCUT2D eigenvalue weighted by atomic mass is 15.4. The standard InChI is InChI=1S/C15H20N4/c1-3-6-13-14(16)15(18(2)17-13)19-9-11-7-4-5-8-12(11)10-19/h4-5,7-8H,3,6,9-10,16H2,1-2H3. The average molecular weight is 256 g/mol. The molecule has 1 aromatic heterocycles. The summed E-state index contributed by atoms with van der Waals surface area (Å²) >= 11 is 0. The molecule has 0 fully saturated rings. The largest absolute Gasteiger partial charge is 0.394 e. The van der Waals surface area contributed by atoms with E-state index in [-0.39, 0.29) is 0 Å². The van der Waals surface area contributed by atoms with Crippen LogP contribution < -0.4 is 10.6 Å². The lowest BCUT2D eigenvalue weighted by Crippen LogP contribution is -2.19.